The van der Waals surface area contributed by atoms with Crippen LogP contribution in [0.15, 0.2) is 64.0 Å². The summed E-state index contributed by atoms with van der Waals surface area (Å²) in [6.45, 7) is 4.72. The Morgan fingerprint density at radius 3 is 2.35 bits per heavy atom. The fourth-order valence-corrected chi connectivity index (χ4v) is 6.15. The van der Waals surface area contributed by atoms with Crippen LogP contribution in [0.25, 0.3) is 39.4 Å². The number of oxazole rings is 1. The van der Waals surface area contributed by atoms with Gasteiger partial charge in [-0.15, -0.1) is 0 Å². The maximum absolute atomic E-state index is 15.0. The predicted octanol–water partition coefficient (Wildman–Crippen LogP) is 7.13. The second-order valence-electron chi connectivity index (χ2n) is 9.43. The molecule has 3 aromatic carbocycles. The number of hydrogen-bond donors (Lipinski definition) is 1. The molecule has 2 heterocycles. The van der Waals surface area contributed by atoms with Gasteiger partial charge in [0.2, 0.25) is 0 Å². The minimum absolute atomic E-state index is 0.277. The number of aryl methyl sites for hydroxylation is 3. The van der Waals surface area contributed by atoms with Crippen molar-refractivity contribution in [3.05, 3.63) is 93.6 Å². The number of rotatable bonds is 6. The Hall–Kier alpha value is -3.50. The molecule has 7 nitrogen and oxygen atoms in total. The number of halogens is 3. The number of aliphatic hydroxyl groups is 1. The fraction of sp³-hybridized carbons (Fsp3) is 0.172. The lowest BCUT2D eigenvalue weighted by Crippen LogP contribution is -2.06. The van der Waals surface area contributed by atoms with E-state index < -0.39 is 22.3 Å². The zero-order valence-electron chi connectivity index (χ0n) is 22.0. The Kier molecular flexibility index (Phi) is 7.35. The van der Waals surface area contributed by atoms with E-state index in [2.05, 4.69) is 9.97 Å². The summed E-state index contributed by atoms with van der Waals surface area (Å²) in [5.74, 6) is 0.700. The molecule has 0 unspecified atom stereocenters. The molecule has 0 saturated heterocycles. The van der Waals surface area contributed by atoms with Crippen molar-refractivity contribution >= 4 is 33.0 Å². The number of benzene rings is 3. The molecule has 11 heteroatoms. The molecular formula is C29H24Cl2FN3O4S. The number of nitrogens with zero attached hydrogens (tertiary/aromatic N) is 3. The highest BCUT2D eigenvalue weighted by Crippen LogP contribution is 2.41. The van der Waals surface area contributed by atoms with Gasteiger partial charge in [-0.2, -0.15) is 0 Å². The van der Waals surface area contributed by atoms with Crippen LogP contribution in [-0.4, -0.2) is 34.3 Å². The lowest BCUT2D eigenvalue weighted by molar-refractivity contribution is 0.272. The largest absolute Gasteiger partial charge is 0.440 e. The summed E-state index contributed by atoms with van der Waals surface area (Å²) < 4.78 is 47.9. The van der Waals surface area contributed by atoms with Crippen molar-refractivity contribution in [2.45, 2.75) is 32.3 Å². The van der Waals surface area contributed by atoms with Gasteiger partial charge in [-0.1, -0.05) is 29.3 Å². The van der Waals surface area contributed by atoms with Crippen LogP contribution in [0.4, 0.5) is 4.39 Å². The average molecular weight is 600 g/mol. The normalized spacial score (nSPS) is 11.8. The highest BCUT2D eigenvalue weighted by atomic mass is 35.5. The Morgan fingerprint density at radius 1 is 0.975 bits per heavy atom. The molecule has 40 heavy (non-hydrogen) atoms. The van der Waals surface area contributed by atoms with Crippen molar-refractivity contribution in [3.8, 4) is 39.4 Å². The van der Waals surface area contributed by atoms with Crippen LogP contribution in [0, 0.1) is 26.6 Å². The van der Waals surface area contributed by atoms with Crippen molar-refractivity contribution in [1.82, 2.24) is 14.5 Å². The molecule has 0 saturated carbocycles. The molecule has 0 aliphatic carbocycles. The highest BCUT2D eigenvalue weighted by Gasteiger charge is 2.24. The van der Waals surface area contributed by atoms with Crippen molar-refractivity contribution in [3.63, 3.8) is 0 Å². The van der Waals surface area contributed by atoms with Crippen LogP contribution in [0.1, 0.15) is 23.0 Å². The first-order chi connectivity index (χ1) is 18.9. The Morgan fingerprint density at radius 2 is 1.73 bits per heavy atom. The van der Waals surface area contributed by atoms with Crippen LogP contribution >= 0.6 is 23.2 Å². The number of hydrogen-bond acceptors (Lipinski definition) is 6. The molecule has 1 N–H and O–H groups in total. The minimum Gasteiger partial charge on any atom is -0.440 e. The number of aliphatic hydroxyl groups excluding tert-OH is 1. The van der Waals surface area contributed by atoms with E-state index in [9.17, 15) is 13.5 Å². The Bertz CT molecular complexity index is 1900. The zero-order valence-corrected chi connectivity index (χ0v) is 24.3. The van der Waals surface area contributed by atoms with Gasteiger partial charge in [0.25, 0.3) is 0 Å². The van der Waals surface area contributed by atoms with Crippen molar-refractivity contribution in [2.75, 3.05) is 6.26 Å². The zero-order chi connectivity index (χ0) is 28.9. The first-order valence-corrected chi connectivity index (χ1v) is 14.8. The second-order valence-corrected chi connectivity index (χ2v) is 12.3. The lowest BCUT2D eigenvalue weighted by Gasteiger charge is -2.15. The number of aromatic nitrogens is 3. The van der Waals surface area contributed by atoms with E-state index in [1.165, 1.54) is 12.1 Å². The summed E-state index contributed by atoms with van der Waals surface area (Å²) in [5, 5.41) is 10.5. The standard InChI is InChI=1S/C29H24Cl2FN3O4S/c1-15-13-35(16(2)33-15)26-8-5-18(19-10-25(32)23(14-36)27(11-19)40(4,37)38)9-22(26)29-28(34-17(3)39-29)21-7-6-20(30)12-24(21)31/h5-13,36H,14H2,1-4H3. The summed E-state index contributed by atoms with van der Waals surface area (Å²) in [5.41, 5.74) is 3.73. The van der Waals surface area contributed by atoms with Gasteiger partial charge in [0.15, 0.2) is 21.5 Å². The van der Waals surface area contributed by atoms with Crippen LogP contribution in [0.3, 0.4) is 0 Å². The molecule has 5 aromatic rings. The van der Waals surface area contributed by atoms with Crippen LogP contribution in [-0.2, 0) is 16.4 Å². The predicted molar refractivity (Wildman–Crippen MR) is 153 cm³/mol. The Balaban J connectivity index is 1.81. The molecule has 0 fully saturated rings. The van der Waals surface area contributed by atoms with Gasteiger partial charge < -0.3 is 14.1 Å². The molecule has 206 valence electrons. The monoisotopic (exact) mass is 599 g/mol. The summed E-state index contributed by atoms with van der Waals surface area (Å²) in [6.07, 6.45) is 2.85. The van der Waals surface area contributed by atoms with E-state index in [1.807, 2.05) is 30.7 Å². The maximum Gasteiger partial charge on any atom is 0.192 e. The molecule has 0 spiro atoms. The van der Waals surface area contributed by atoms with Gasteiger partial charge in [0.05, 0.1) is 27.9 Å². The molecular weight excluding hydrogens is 576 g/mol. The van der Waals surface area contributed by atoms with E-state index in [0.717, 1.165) is 17.8 Å². The summed E-state index contributed by atoms with van der Waals surface area (Å²) in [6, 6.07) is 13.0. The minimum atomic E-state index is -3.83. The van der Waals surface area contributed by atoms with E-state index in [-0.39, 0.29) is 10.5 Å². The average Bonchev–Trinajstić information content (AvgIpc) is 3.43. The molecule has 0 radical (unpaired) electrons. The van der Waals surface area contributed by atoms with E-state index in [1.54, 1.807) is 37.3 Å². The molecule has 0 amide bonds. The third-order valence-electron chi connectivity index (χ3n) is 6.47. The third kappa shape index (κ3) is 5.17. The molecule has 0 bridgehead atoms. The van der Waals surface area contributed by atoms with Gasteiger partial charge in [0.1, 0.15) is 17.3 Å². The van der Waals surface area contributed by atoms with Gasteiger partial charge in [0, 0.05) is 41.1 Å². The topological polar surface area (TPSA) is 98.2 Å². The molecule has 0 atom stereocenters. The van der Waals surface area contributed by atoms with E-state index in [0.29, 0.717) is 55.3 Å². The van der Waals surface area contributed by atoms with Gasteiger partial charge in [-0.3, -0.25) is 0 Å². The Labute approximate surface area is 240 Å². The highest BCUT2D eigenvalue weighted by molar-refractivity contribution is 7.90. The molecule has 0 aliphatic rings. The quantitative estimate of drug-likeness (QED) is 0.223. The smallest absolute Gasteiger partial charge is 0.192 e. The van der Waals surface area contributed by atoms with Gasteiger partial charge in [-0.05, 0) is 67.4 Å². The van der Waals surface area contributed by atoms with Crippen molar-refractivity contribution < 1.29 is 22.3 Å². The van der Waals surface area contributed by atoms with E-state index >= 15 is 4.39 Å². The number of imidazole rings is 1. The van der Waals surface area contributed by atoms with Crippen LogP contribution in [0.5, 0.6) is 0 Å². The molecule has 0 aliphatic heterocycles. The van der Waals surface area contributed by atoms with Gasteiger partial charge in [-0.25, -0.2) is 22.8 Å². The van der Waals surface area contributed by atoms with E-state index in [4.69, 9.17) is 27.6 Å². The lowest BCUT2D eigenvalue weighted by atomic mass is 9.97. The SMILES string of the molecule is Cc1cn(-c2ccc(-c3cc(F)c(CO)c(S(C)(=O)=O)c3)cc2-c2oc(C)nc2-c2ccc(Cl)cc2Cl)c(C)n1. The number of sulfone groups is 1. The van der Waals surface area contributed by atoms with Crippen molar-refractivity contribution in [1.29, 1.82) is 0 Å². The first-order valence-electron chi connectivity index (χ1n) is 12.1. The molecule has 5 rings (SSSR count). The summed E-state index contributed by atoms with van der Waals surface area (Å²) in [4.78, 5) is 8.86. The third-order valence-corrected chi connectivity index (χ3v) is 8.18. The fourth-order valence-electron chi connectivity index (χ4n) is 4.71. The molecule has 2 aromatic heterocycles. The summed E-state index contributed by atoms with van der Waals surface area (Å²) in [7, 11) is -3.83. The second kappa shape index (κ2) is 10.5. The maximum atomic E-state index is 15.0. The summed E-state index contributed by atoms with van der Waals surface area (Å²) >= 11 is 12.7. The van der Waals surface area contributed by atoms with Crippen molar-refractivity contribution in [2.24, 2.45) is 0 Å². The van der Waals surface area contributed by atoms with Crippen LogP contribution in [0.2, 0.25) is 10.0 Å². The van der Waals surface area contributed by atoms with Crippen LogP contribution < -0.4 is 0 Å². The van der Waals surface area contributed by atoms with Gasteiger partial charge >= 0.3 is 0 Å². The first kappa shape index (κ1) is 28.0.